The van der Waals surface area contributed by atoms with Gasteiger partial charge in [-0.25, -0.2) is 0 Å². The Labute approximate surface area is 138 Å². The fourth-order valence-electron chi connectivity index (χ4n) is 3.65. The van der Waals surface area contributed by atoms with E-state index in [0.717, 1.165) is 26.1 Å². The fraction of sp³-hybridized carbons (Fsp3) is 0.812. The van der Waals surface area contributed by atoms with Crippen LogP contribution in [0.15, 0.2) is 0 Å². The highest BCUT2D eigenvalue weighted by Crippen LogP contribution is 2.35. The van der Waals surface area contributed by atoms with E-state index in [9.17, 15) is 0 Å². The third-order valence-corrected chi connectivity index (χ3v) is 5.25. The Balaban J connectivity index is 1.66. The van der Waals surface area contributed by atoms with Crippen molar-refractivity contribution in [3.63, 3.8) is 0 Å². The molecule has 0 amide bonds. The number of nitrogens with two attached hydrogens (primary N) is 1. The van der Waals surface area contributed by atoms with E-state index in [0.29, 0.717) is 29.3 Å². The number of nitrogen functional groups attached to an aromatic ring is 1. The average molecular weight is 319 g/mol. The van der Waals surface area contributed by atoms with Crippen LogP contribution in [0.2, 0.25) is 0 Å². The van der Waals surface area contributed by atoms with Crippen LogP contribution >= 0.6 is 0 Å². The molecule has 1 aromatic heterocycles. The fourth-order valence-corrected chi connectivity index (χ4v) is 3.65. The molecule has 2 aliphatic rings. The molecule has 0 aromatic carbocycles. The summed E-state index contributed by atoms with van der Waals surface area (Å²) in [6, 6.07) is 0.491. The molecular formula is C16H29N7. The lowest BCUT2D eigenvalue weighted by Gasteiger charge is -2.33. The Kier molecular flexibility index (Phi) is 4.84. The van der Waals surface area contributed by atoms with Crippen LogP contribution in [0.25, 0.3) is 0 Å². The van der Waals surface area contributed by atoms with Gasteiger partial charge in [-0.3, -0.25) is 0 Å². The van der Waals surface area contributed by atoms with Gasteiger partial charge < -0.3 is 21.3 Å². The molecule has 0 radical (unpaired) electrons. The van der Waals surface area contributed by atoms with Gasteiger partial charge in [0.05, 0.1) is 0 Å². The van der Waals surface area contributed by atoms with E-state index in [1.54, 1.807) is 0 Å². The predicted octanol–water partition coefficient (Wildman–Crippen LogP) is 1.63. The maximum Gasteiger partial charge on any atom is 0.232 e. The van der Waals surface area contributed by atoms with E-state index >= 15 is 0 Å². The molecule has 3 rings (SSSR count). The van der Waals surface area contributed by atoms with Crippen molar-refractivity contribution in [3.05, 3.63) is 0 Å². The number of likely N-dealkylation sites (N-methyl/N-ethyl adjacent to an activating group) is 1. The SMILES string of the molecule is CN[C@@H]1CCN(c2nc(N)nc(NCC3(C)CCCCC3)n2)C1. The zero-order valence-corrected chi connectivity index (χ0v) is 14.3. The number of nitrogens with one attached hydrogen (secondary N) is 2. The summed E-state index contributed by atoms with van der Waals surface area (Å²) >= 11 is 0. The molecule has 1 aliphatic heterocycles. The monoisotopic (exact) mass is 319 g/mol. The van der Waals surface area contributed by atoms with Gasteiger partial charge in [0.2, 0.25) is 17.8 Å². The van der Waals surface area contributed by atoms with Crippen molar-refractivity contribution in [3.8, 4) is 0 Å². The number of rotatable bonds is 5. The summed E-state index contributed by atoms with van der Waals surface area (Å²) < 4.78 is 0. The molecule has 7 heteroatoms. The van der Waals surface area contributed by atoms with Gasteiger partial charge in [0.15, 0.2) is 0 Å². The first-order valence-corrected chi connectivity index (χ1v) is 8.76. The molecule has 1 atom stereocenters. The van der Waals surface area contributed by atoms with Crippen LogP contribution in [-0.4, -0.2) is 47.7 Å². The molecule has 1 aromatic rings. The summed E-state index contributed by atoms with van der Waals surface area (Å²) in [6.07, 6.45) is 7.64. The molecule has 1 saturated heterocycles. The van der Waals surface area contributed by atoms with Gasteiger partial charge in [0.25, 0.3) is 0 Å². The van der Waals surface area contributed by atoms with Gasteiger partial charge in [0, 0.05) is 25.7 Å². The van der Waals surface area contributed by atoms with Crippen molar-refractivity contribution < 1.29 is 0 Å². The normalized spacial score (nSPS) is 23.9. The zero-order chi connectivity index (χ0) is 16.3. The molecule has 4 N–H and O–H groups in total. The first-order chi connectivity index (χ1) is 11.1. The third kappa shape index (κ3) is 4.02. The molecule has 2 fully saturated rings. The van der Waals surface area contributed by atoms with Crippen LogP contribution in [0.3, 0.4) is 0 Å². The average Bonchev–Trinajstić information content (AvgIpc) is 3.02. The van der Waals surface area contributed by atoms with Crippen LogP contribution in [0.5, 0.6) is 0 Å². The molecular weight excluding hydrogens is 290 g/mol. The topological polar surface area (TPSA) is 92.0 Å². The summed E-state index contributed by atoms with van der Waals surface area (Å²) in [4.78, 5) is 15.3. The van der Waals surface area contributed by atoms with Crippen molar-refractivity contribution >= 4 is 17.8 Å². The Morgan fingerprint density at radius 1 is 1.22 bits per heavy atom. The van der Waals surface area contributed by atoms with Crippen LogP contribution < -0.4 is 21.3 Å². The quantitative estimate of drug-likeness (QED) is 0.759. The number of aromatic nitrogens is 3. The van der Waals surface area contributed by atoms with E-state index in [4.69, 9.17) is 5.73 Å². The molecule has 0 bridgehead atoms. The molecule has 0 unspecified atom stereocenters. The Morgan fingerprint density at radius 3 is 2.70 bits per heavy atom. The molecule has 7 nitrogen and oxygen atoms in total. The lowest BCUT2D eigenvalue weighted by Crippen LogP contribution is -2.31. The largest absolute Gasteiger partial charge is 0.368 e. The van der Waals surface area contributed by atoms with E-state index in [-0.39, 0.29) is 0 Å². The van der Waals surface area contributed by atoms with Crippen molar-refractivity contribution in [2.75, 3.05) is 42.6 Å². The highest BCUT2D eigenvalue weighted by molar-refractivity contribution is 5.43. The van der Waals surface area contributed by atoms with E-state index in [1.807, 2.05) is 7.05 Å². The van der Waals surface area contributed by atoms with Gasteiger partial charge in [-0.05, 0) is 31.7 Å². The van der Waals surface area contributed by atoms with Gasteiger partial charge >= 0.3 is 0 Å². The van der Waals surface area contributed by atoms with Gasteiger partial charge in [-0.1, -0.05) is 26.2 Å². The molecule has 1 saturated carbocycles. The van der Waals surface area contributed by atoms with Crippen LogP contribution in [0, 0.1) is 5.41 Å². The van der Waals surface area contributed by atoms with Crippen LogP contribution in [0.1, 0.15) is 45.4 Å². The molecule has 23 heavy (non-hydrogen) atoms. The molecule has 128 valence electrons. The molecule has 0 spiro atoms. The van der Waals surface area contributed by atoms with Gasteiger partial charge in [-0.15, -0.1) is 0 Å². The Bertz CT molecular complexity index is 527. The van der Waals surface area contributed by atoms with Crippen molar-refractivity contribution in [2.24, 2.45) is 5.41 Å². The highest BCUT2D eigenvalue weighted by Gasteiger charge is 2.27. The van der Waals surface area contributed by atoms with Crippen LogP contribution in [-0.2, 0) is 0 Å². The second-order valence-electron chi connectivity index (χ2n) is 7.26. The van der Waals surface area contributed by atoms with Crippen molar-refractivity contribution in [2.45, 2.75) is 51.5 Å². The minimum absolute atomic E-state index is 0.291. The van der Waals surface area contributed by atoms with Crippen LogP contribution in [0.4, 0.5) is 17.8 Å². The summed E-state index contributed by atoms with van der Waals surface area (Å²) in [5.74, 6) is 1.58. The second kappa shape index (κ2) is 6.86. The van der Waals surface area contributed by atoms with E-state index in [1.165, 1.54) is 32.1 Å². The number of anilines is 3. The second-order valence-corrected chi connectivity index (χ2v) is 7.26. The Hall–Kier alpha value is -1.63. The minimum Gasteiger partial charge on any atom is -0.368 e. The lowest BCUT2D eigenvalue weighted by atomic mass is 9.76. The van der Waals surface area contributed by atoms with Gasteiger partial charge in [-0.2, -0.15) is 15.0 Å². The zero-order valence-electron chi connectivity index (χ0n) is 14.3. The Morgan fingerprint density at radius 2 is 2.00 bits per heavy atom. The summed E-state index contributed by atoms with van der Waals surface area (Å²) in [5, 5.41) is 6.71. The lowest BCUT2D eigenvalue weighted by molar-refractivity contribution is 0.233. The van der Waals surface area contributed by atoms with Crippen molar-refractivity contribution in [1.29, 1.82) is 0 Å². The standard InChI is InChI=1S/C16H29N7/c1-16(7-4-3-5-8-16)11-19-14-20-13(17)21-15(22-14)23-9-6-12(10-23)18-2/h12,18H,3-11H2,1-2H3,(H3,17,19,20,21,22)/t12-/m1/s1. The van der Waals surface area contributed by atoms with Crippen molar-refractivity contribution in [1.82, 2.24) is 20.3 Å². The maximum atomic E-state index is 5.89. The third-order valence-electron chi connectivity index (χ3n) is 5.25. The maximum absolute atomic E-state index is 5.89. The molecule has 2 heterocycles. The van der Waals surface area contributed by atoms with E-state index in [2.05, 4.69) is 37.4 Å². The smallest absolute Gasteiger partial charge is 0.232 e. The predicted molar refractivity (Wildman–Crippen MR) is 93.6 cm³/mol. The minimum atomic E-state index is 0.291. The number of hydrogen-bond acceptors (Lipinski definition) is 7. The summed E-state index contributed by atoms with van der Waals surface area (Å²) in [6.45, 7) is 5.11. The number of nitrogens with zero attached hydrogens (tertiary/aromatic N) is 4. The first-order valence-electron chi connectivity index (χ1n) is 8.76. The summed E-state index contributed by atoms with van der Waals surface area (Å²) in [7, 11) is 1.99. The first kappa shape index (κ1) is 16.2. The van der Waals surface area contributed by atoms with E-state index < -0.39 is 0 Å². The van der Waals surface area contributed by atoms with Gasteiger partial charge in [0.1, 0.15) is 0 Å². The number of hydrogen-bond donors (Lipinski definition) is 3. The highest BCUT2D eigenvalue weighted by atomic mass is 15.3. The molecule has 1 aliphatic carbocycles. The summed E-state index contributed by atoms with van der Waals surface area (Å²) in [5.41, 5.74) is 6.23.